The number of benzene rings is 1. The predicted molar refractivity (Wildman–Crippen MR) is 135 cm³/mol. The summed E-state index contributed by atoms with van der Waals surface area (Å²) in [6.07, 6.45) is 1.59. The molecule has 0 aliphatic carbocycles. The van der Waals surface area contributed by atoms with E-state index in [1.807, 2.05) is 45.2 Å². The Balaban J connectivity index is 0.00000341. The van der Waals surface area contributed by atoms with Gasteiger partial charge in [-0.05, 0) is 43.7 Å². The van der Waals surface area contributed by atoms with Gasteiger partial charge < -0.3 is 20.0 Å². The number of guanidine groups is 1. The van der Waals surface area contributed by atoms with Gasteiger partial charge in [-0.2, -0.15) is 0 Å². The summed E-state index contributed by atoms with van der Waals surface area (Å²) in [6, 6.07) is 11.1. The quantitative estimate of drug-likeness (QED) is 0.249. The molecular formula is C22H28IN5O2S. The molecule has 0 spiro atoms. The van der Waals surface area contributed by atoms with Crippen LogP contribution in [-0.4, -0.2) is 35.3 Å². The molecule has 3 rings (SSSR count). The zero-order chi connectivity index (χ0) is 21.3. The molecule has 1 amide bonds. The molecule has 0 unspecified atom stereocenters. The Hall–Kier alpha value is -2.40. The number of furan rings is 1. The van der Waals surface area contributed by atoms with Crippen molar-refractivity contribution in [3.63, 3.8) is 0 Å². The summed E-state index contributed by atoms with van der Waals surface area (Å²) in [5, 5.41) is 9.31. The lowest BCUT2D eigenvalue weighted by Gasteiger charge is -2.21. The van der Waals surface area contributed by atoms with Crippen LogP contribution < -0.4 is 10.6 Å². The third-order valence-electron chi connectivity index (χ3n) is 4.37. The van der Waals surface area contributed by atoms with Crippen molar-refractivity contribution in [2.24, 2.45) is 4.99 Å². The Bertz CT molecular complexity index is 987. The van der Waals surface area contributed by atoms with E-state index in [1.54, 1.807) is 29.7 Å². The van der Waals surface area contributed by atoms with Crippen molar-refractivity contribution in [3.8, 4) is 0 Å². The van der Waals surface area contributed by atoms with Crippen LogP contribution in [-0.2, 0) is 19.6 Å². The Morgan fingerprint density at radius 3 is 2.77 bits per heavy atom. The first-order valence-electron chi connectivity index (χ1n) is 9.85. The van der Waals surface area contributed by atoms with Crippen molar-refractivity contribution in [1.82, 2.24) is 20.5 Å². The lowest BCUT2D eigenvalue weighted by molar-refractivity contribution is 0.0948. The average molecular weight is 553 g/mol. The third-order valence-corrected chi connectivity index (χ3v) is 5.19. The minimum atomic E-state index is -0.139. The molecule has 166 valence electrons. The second-order valence-corrected chi connectivity index (χ2v) is 7.91. The first kappa shape index (κ1) is 24.9. The summed E-state index contributed by atoms with van der Waals surface area (Å²) >= 11 is 1.65. The molecule has 0 saturated carbocycles. The highest BCUT2D eigenvalue weighted by molar-refractivity contribution is 14.0. The number of rotatable bonds is 8. The molecule has 9 heteroatoms. The van der Waals surface area contributed by atoms with Crippen LogP contribution in [0.25, 0.3) is 0 Å². The maximum atomic E-state index is 12.4. The highest BCUT2D eigenvalue weighted by atomic mass is 127. The number of thiazole rings is 1. The zero-order valence-corrected chi connectivity index (χ0v) is 21.1. The summed E-state index contributed by atoms with van der Waals surface area (Å²) in [6.45, 7) is 6.34. The van der Waals surface area contributed by atoms with Gasteiger partial charge in [-0.3, -0.25) is 4.79 Å². The molecule has 1 aromatic carbocycles. The molecule has 3 aromatic rings. The van der Waals surface area contributed by atoms with Gasteiger partial charge in [0.1, 0.15) is 5.76 Å². The van der Waals surface area contributed by atoms with Gasteiger partial charge in [-0.25, -0.2) is 9.98 Å². The molecule has 2 aromatic heterocycles. The van der Waals surface area contributed by atoms with Gasteiger partial charge in [0.25, 0.3) is 5.91 Å². The molecule has 0 saturated heterocycles. The molecule has 0 atom stereocenters. The normalized spacial score (nSPS) is 11.0. The monoisotopic (exact) mass is 553 g/mol. The first-order chi connectivity index (χ1) is 14.5. The van der Waals surface area contributed by atoms with Crippen molar-refractivity contribution in [3.05, 3.63) is 75.6 Å². The summed E-state index contributed by atoms with van der Waals surface area (Å²) in [5.41, 5.74) is 2.60. The van der Waals surface area contributed by atoms with Gasteiger partial charge in [0.2, 0.25) is 0 Å². The fourth-order valence-electron chi connectivity index (χ4n) is 2.93. The number of halogens is 1. The van der Waals surface area contributed by atoms with E-state index in [1.165, 1.54) is 0 Å². The van der Waals surface area contributed by atoms with Crippen LogP contribution in [0.15, 0.2) is 57.5 Å². The Morgan fingerprint density at radius 2 is 2.10 bits per heavy atom. The molecule has 0 radical (unpaired) electrons. The summed E-state index contributed by atoms with van der Waals surface area (Å²) in [7, 11) is 1.99. The highest BCUT2D eigenvalue weighted by Gasteiger charge is 2.10. The lowest BCUT2D eigenvalue weighted by Crippen LogP contribution is -2.38. The van der Waals surface area contributed by atoms with Crippen molar-refractivity contribution >= 4 is 47.2 Å². The predicted octanol–water partition coefficient (Wildman–Crippen LogP) is 4.19. The Morgan fingerprint density at radius 1 is 1.26 bits per heavy atom. The summed E-state index contributed by atoms with van der Waals surface area (Å²) in [5.74, 6) is 1.38. The maximum absolute atomic E-state index is 12.4. The smallest absolute Gasteiger partial charge is 0.251 e. The fraction of sp³-hybridized carbons (Fsp3) is 0.318. The number of aliphatic imine (C=N–C) groups is 1. The molecule has 2 N–H and O–H groups in total. The van der Waals surface area contributed by atoms with Crippen LogP contribution in [0.3, 0.4) is 0 Å². The molecule has 31 heavy (non-hydrogen) atoms. The van der Waals surface area contributed by atoms with Gasteiger partial charge in [0.15, 0.2) is 5.96 Å². The van der Waals surface area contributed by atoms with E-state index in [2.05, 4.69) is 25.9 Å². The number of nitrogens with one attached hydrogen (secondary N) is 2. The minimum Gasteiger partial charge on any atom is -0.467 e. The topological polar surface area (TPSA) is 82.8 Å². The van der Waals surface area contributed by atoms with E-state index >= 15 is 0 Å². The number of amides is 1. The van der Waals surface area contributed by atoms with Crippen molar-refractivity contribution < 1.29 is 9.21 Å². The second kappa shape index (κ2) is 12.5. The number of carbonyl (C=O) groups excluding carboxylic acids is 1. The lowest BCUT2D eigenvalue weighted by atomic mass is 10.1. The van der Waals surface area contributed by atoms with Crippen LogP contribution in [0.5, 0.6) is 0 Å². The van der Waals surface area contributed by atoms with Crippen LogP contribution in [0.4, 0.5) is 0 Å². The van der Waals surface area contributed by atoms with Gasteiger partial charge in [-0.15, -0.1) is 35.3 Å². The minimum absolute atomic E-state index is 0. The fourth-order valence-corrected chi connectivity index (χ4v) is 3.53. The third kappa shape index (κ3) is 7.66. The summed E-state index contributed by atoms with van der Waals surface area (Å²) in [4.78, 5) is 23.7. The SMILES string of the molecule is CCNC(=NCc1cccc(C(=O)NCc2ccco2)c1)N(C)Cc1csc(C)n1.I. The average Bonchev–Trinajstić information content (AvgIpc) is 3.41. The van der Waals surface area contributed by atoms with Crippen molar-refractivity contribution in [1.29, 1.82) is 0 Å². The standard InChI is InChI=1S/C22H27N5O2S.HI/c1-4-23-22(27(3)14-19-15-30-16(2)26-19)25-12-17-7-5-8-18(11-17)21(28)24-13-20-9-6-10-29-20;/h5-11,15H,4,12-14H2,1-3H3,(H,23,25)(H,24,28);1H. The van der Waals surface area contributed by atoms with Gasteiger partial charge in [0.05, 0.1) is 36.6 Å². The van der Waals surface area contributed by atoms with Crippen molar-refractivity contribution in [2.75, 3.05) is 13.6 Å². The Labute approximate surface area is 204 Å². The maximum Gasteiger partial charge on any atom is 0.251 e. The highest BCUT2D eigenvalue weighted by Crippen LogP contribution is 2.11. The molecule has 0 bridgehead atoms. The number of aromatic nitrogens is 1. The summed E-state index contributed by atoms with van der Waals surface area (Å²) < 4.78 is 5.25. The van der Waals surface area contributed by atoms with E-state index in [0.29, 0.717) is 25.2 Å². The van der Waals surface area contributed by atoms with E-state index in [9.17, 15) is 4.79 Å². The Kier molecular flexibility index (Phi) is 9.99. The van der Waals surface area contributed by atoms with Gasteiger partial charge >= 0.3 is 0 Å². The van der Waals surface area contributed by atoms with Crippen molar-refractivity contribution in [2.45, 2.75) is 33.5 Å². The first-order valence-corrected chi connectivity index (χ1v) is 10.7. The van der Waals surface area contributed by atoms with Crippen LogP contribution in [0.1, 0.15) is 39.3 Å². The molecule has 0 aliphatic heterocycles. The number of nitrogens with zero attached hydrogens (tertiary/aromatic N) is 3. The largest absolute Gasteiger partial charge is 0.467 e. The molecule has 0 fully saturated rings. The van der Waals surface area contributed by atoms with Crippen LogP contribution in [0.2, 0.25) is 0 Å². The van der Waals surface area contributed by atoms with E-state index in [4.69, 9.17) is 9.41 Å². The van der Waals surface area contributed by atoms with Gasteiger partial charge in [0, 0.05) is 24.5 Å². The van der Waals surface area contributed by atoms with Crippen LogP contribution in [0, 0.1) is 6.92 Å². The molecular weight excluding hydrogens is 525 g/mol. The van der Waals surface area contributed by atoms with E-state index in [-0.39, 0.29) is 29.9 Å². The number of carbonyl (C=O) groups is 1. The van der Waals surface area contributed by atoms with E-state index < -0.39 is 0 Å². The molecule has 2 heterocycles. The molecule has 0 aliphatic rings. The number of aryl methyl sites for hydroxylation is 1. The van der Waals surface area contributed by atoms with Gasteiger partial charge in [-0.1, -0.05) is 12.1 Å². The van der Waals surface area contributed by atoms with Crippen LogP contribution >= 0.6 is 35.3 Å². The number of hydrogen-bond donors (Lipinski definition) is 2. The number of hydrogen-bond acceptors (Lipinski definition) is 5. The zero-order valence-electron chi connectivity index (χ0n) is 17.9. The second-order valence-electron chi connectivity index (χ2n) is 6.85. The molecule has 7 nitrogen and oxygen atoms in total. The van der Waals surface area contributed by atoms with E-state index in [0.717, 1.165) is 34.5 Å².